The first kappa shape index (κ1) is 18.4. The minimum absolute atomic E-state index is 0.138. The lowest BCUT2D eigenvalue weighted by molar-refractivity contribution is -0.131. The van der Waals surface area contributed by atoms with Crippen molar-refractivity contribution in [1.29, 1.82) is 0 Å². The summed E-state index contributed by atoms with van der Waals surface area (Å²) >= 11 is 0. The van der Waals surface area contributed by atoms with E-state index in [0.717, 1.165) is 25.0 Å². The lowest BCUT2D eigenvalue weighted by Crippen LogP contribution is -2.55. The van der Waals surface area contributed by atoms with Gasteiger partial charge in [0.2, 0.25) is 5.91 Å². The summed E-state index contributed by atoms with van der Waals surface area (Å²) in [6.07, 6.45) is 11.8. The van der Waals surface area contributed by atoms with Gasteiger partial charge in [-0.3, -0.25) is 9.59 Å². The summed E-state index contributed by atoms with van der Waals surface area (Å²) in [6.45, 7) is 7.87. The molecule has 0 bridgehead atoms. The fourth-order valence-electron chi connectivity index (χ4n) is 3.77. The molecule has 0 spiro atoms. The molecule has 1 saturated heterocycles. The van der Waals surface area contributed by atoms with Crippen molar-refractivity contribution in [3.8, 4) is 0 Å². The van der Waals surface area contributed by atoms with Gasteiger partial charge in [-0.25, -0.2) is 4.98 Å². The summed E-state index contributed by atoms with van der Waals surface area (Å²) < 4.78 is 0. The standard InChI is InChI=1S/C20H28N4O2/c1-4-20(2,3)17-14(21-12-22-17)11-16-19(26)23-15(18(25)24-16)10-13-8-6-5-7-9-13/h4,11-13,15H,1,5-10H2,2-3H3,(H,21,22)(H,23,26)(H,24,25)/b16-11-/t15-/m0/s1. The Morgan fingerprint density at radius 2 is 2.00 bits per heavy atom. The number of rotatable bonds is 5. The third-order valence-corrected chi connectivity index (χ3v) is 5.52. The molecular formula is C20H28N4O2. The van der Waals surface area contributed by atoms with E-state index in [4.69, 9.17) is 0 Å². The fraction of sp³-hybridized carbons (Fsp3) is 0.550. The normalized spacial score (nSPS) is 23.6. The summed E-state index contributed by atoms with van der Waals surface area (Å²) in [5.74, 6) is 0.133. The highest BCUT2D eigenvalue weighted by molar-refractivity contribution is 6.07. The van der Waals surface area contributed by atoms with E-state index in [9.17, 15) is 9.59 Å². The Balaban J connectivity index is 1.73. The van der Waals surface area contributed by atoms with E-state index in [1.807, 2.05) is 19.9 Å². The van der Waals surface area contributed by atoms with Crippen molar-refractivity contribution in [3.63, 3.8) is 0 Å². The molecular weight excluding hydrogens is 328 g/mol. The Kier molecular flexibility index (Phi) is 5.30. The van der Waals surface area contributed by atoms with E-state index in [0.29, 0.717) is 11.6 Å². The van der Waals surface area contributed by atoms with Gasteiger partial charge in [0.1, 0.15) is 11.7 Å². The van der Waals surface area contributed by atoms with E-state index < -0.39 is 6.04 Å². The van der Waals surface area contributed by atoms with Crippen molar-refractivity contribution < 1.29 is 9.59 Å². The maximum atomic E-state index is 12.5. The molecule has 2 heterocycles. The molecule has 3 rings (SSSR count). The topological polar surface area (TPSA) is 86.9 Å². The SMILES string of the molecule is C=CC(C)(C)c1[nH]cnc1/C=C1\NC(=O)[C@H](CC2CCCCC2)NC1=O. The van der Waals surface area contributed by atoms with Crippen LogP contribution in [0.4, 0.5) is 0 Å². The minimum atomic E-state index is -0.439. The summed E-state index contributed by atoms with van der Waals surface area (Å²) in [5.41, 5.74) is 1.40. The number of aromatic amines is 1. The van der Waals surface area contributed by atoms with Crippen molar-refractivity contribution >= 4 is 17.9 Å². The van der Waals surface area contributed by atoms with Crippen LogP contribution in [0, 0.1) is 5.92 Å². The predicted octanol–water partition coefficient (Wildman–Crippen LogP) is 2.80. The number of carbonyl (C=O) groups excluding carboxylic acids is 2. The second-order valence-corrected chi connectivity index (χ2v) is 7.90. The number of allylic oxidation sites excluding steroid dienone is 1. The van der Waals surface area contributed by atoms with E-state index >= 15 is 0 Å². The van der Waals surface area contributed by atoms with E-state index in [1.54, 1.807) is 12.4 Å². The second kappa shape index (κ2) is 7.48. The maximum absolute atomic E-state index is 12.5. The van der Waals surface area contributed by atoms with Gasteiger partial charge in [-0.05, 0) is 18.4 Å². The van der Waals surface area contributed by atoms with Crippen molar-refractivity contribution in [2.45, 2.75) is 63.8 Å². The van der Waals surface area contributed by atoms with Gasteiger partial charge in [0.15, 0.2) is 0 Å². The smallest absolute Gasteiger partial charge is 0.268 e. The summed E-state index contributed by atoms with van der Waals surface area (Å²) in [4.78, 5) is 32.4. The van der Waals surface area contributed by atoms with Gasteiger partial charge in [0.05, 0.1) is 17.7 Å². The number of nitrogens with one attached hydrogen (secondary N) is 3. The lowest BCUT2D eigenvalue weighted by Gasteiger charge is -2.30. The molecule has 1 aliphatic heterocycles. The maximum Gasteiger partial charge on any atom is 0.268 e. The zero-order valence-corrected chi connectivity index (χ0v) is 15.6. The third kappa shape index (κ3) is 3.89. The number of amides is 2. The molecule has 1 atom stereocenters. The molecule has 0 aromatic carbocycles. The number of aromatic nitrogens is 2. The molecule has 0 unspecified atom stereocenters. The van der Waals surface area contributed by atoms with Crippen LogP contribution in [0.5, 0.6) is 0 Å². The molecule has 6 heteroatoms. The minimum Gasteiger partial charge on any atom is -0.347 e. The van der Waals surface area contributed by atoms with Gasteiger partial charge < -0.3 is 15.6 Å². The number of piperazine rings is 1. The largest absolute Gasteiger partial charge is 0.347 e. The van der Waals surface area contributed by atoms with Gasteiger partial charge in [-0.1, -0.05) is 52.0 Å². The van der Waals surface area contributed by atoms with Gasteiger partial charge in [0, 0.05) is 5.41 Å². The summed E-state index contributed by atoms with van der Waals surface area (Å²) in [6, 6.07) is -0.439. The number of imidazole rings is 1. The molecule has 2 fully saturated rings. The van der Waals surface area contributed by atoms with E-state index in [-0.39, 0.29) is 22.9 Å². The van der Waals surface area contributed by atoms with Crippen LogP contribution >= 0.6 is 0 Å². The Labute approximate surface area is 154 Å². The molecule has 6 nitrogen and oxygen atoms in total. The summed E-state index contributed by atoms with van der Waals surface area (Å²) in [5, 5.41) is 5.64. The number of nitrogens with zero attached hydrogens (tertiary/aromatic N) is 1. The van der Waals surface area contributed by atoms with E-state index in [1.165, 1.54) is 19.3 Å². The highest BCUT2D eigenvalue weighted by Crippen LogP contribution is 2.29. The summed E-state index contributed by atoms with van der Waals surface area (Å²) in [7, 11) is 0. The quantitative estimate of drug-likeness (QED) is 0.560. The molecule has 0 radical (unpaired) electrons. The number of carbonyl (C=O) groups is 2. The lowest BCUT2D eigenvalue weighted by atomic mass is 9.84. The number of H-pyrrole nitrogens is 1. The molecule has 26 heavy (non-hydrogen) atoms. The number of hydrogen-bond donors (Lipinski definition) is 3. The zero-order valence-electron chi connectivity index (χ0n) is 15.6. The molecule has 3 N–H and O–H groups in total. The Morgan fingerprint density at radius 3 is 2.69 bits per heavy atom. The van der Waals surface area contributed by atoms with Crippen LogP contribution in [0.3, 0.4) is 0 Å². The van der Waals surface area contributed by atoms with Crippen LogP contribution in [-0.2, 0) is 15.0 Å². The van der Waals surface area contributed by atoms with Crippen molar-refractivity contribution in [2.24, 2.45) is 5.92 Å². The average Bonchev–Trinajstić information content (AvgIpc) is 3.09. The second-order valence-electron chi connectivity index (χ2n) is 7.90. The van der Waals surface area contributed by atoms with E-state index in [2.05, 4.69) is 27.2 Å². The first-order chi connectivity index (χ1) is 12.4. The molecule has 1 aromatic rings. The molecule has 2 aliphatic rings. The van der Waals surface area contributed by atoms with Crippen LogP contribution < -0.4 is 10.6 Å². The third-order valence-electron chi connectivity index (χ3n) is 5.52. The molecule has 140 valence electrons. The highest BCUT2D eigenvalue weighted by Gasteiger charge is 2.32. The van der Waals surface area contributed by atoms with Crippen LogP contribution in [-0.4, -0.2) is 27.8 Å². The highest BCUT2D eigenvalue weighted by atomic mass is 16.2. The predicted molar refractivity (Wildman–Crippen MR) is 101 cm³/mol. The molecule has 1 aliphatic carbocycles. The molecule has 1 aromatic heterocycles. The molecule has 1 saturated carbocycles. The zero-order chi connectivity index (χ0) is 18.7. The van der Waals surface area contributed by atoms with Crippen LogP contribution in [0.25, 0.3) is 6.08 Å². The monoisotopic (exact) mass is 356 g/mol. The number of hydrogen-bond acceptors (Lipinski definition) is 3. The molecule has 2 amide bonds. The van der Waals surface area contributed by atoms with Gasteiger partial charge >= 0.3 is 0 Å². The van der Waals surface area contributed by atoms with Crippen LogP contribution in [0.2, 0.25) is 0 Å². The van der Waals surface area contributed by atoms with Gasteiger partial charge in [-0.15, -0.1) is 6.58 Å². The Bertz CT molecular complexity index is 726. The average molecular weight is 356 g/mol. The van der Waals surface area contributed by atoms with Crippen LogP contribution in [0.1, 0.15) is 63.8 Å². The Morgan fingerprint density at radius 1 is 1.27 bits per heavy atom. The van der Waals surface area contributed by atoms with Gasteiger partial charge in [-0.2, -0.15) is 0 Å². The van der Waals surface area contributed by atoms with Gasteiger partial charge in [0.25, 0.3) is 5.91 Å². The van der Waals surface area contributed by atoms with Crippen LogP contribution in [0.15, 0.2) is 24.7 Å². The first-order valence-electron chi connectivity index (χ1n) is 9.41. The van der Waals surface area contributed by atoms with Crippen molar-refractivity contribution in [2.75, 3.05) is 0 Å². The fourth-order valence-corrected chi connectivity index (χ4v) is 3.77. The Hall–Kier alpha value is -2.37. The first-order valence-corrected chi connectivity index (χ1v) is 9.41. The van der Waals surface area contributed by atoms with Crippen molar-refractivity contribution in [3.05, 3.63) is 36.1 Å². The van der Waals surface area contributed by atoms with Crippen molar-refractivity contribution in [1.82, 2.24) is 20.6 Å².